The van der Waals surface area contributed by atoms with Crippen LogP contribution in [0.2, 0.25) is 0 Å². The van der Waals surface area contributed by atoms with Crippen LogP contribution in [-0.4, -0.2) is 62.8 Å². The lowest BCUT2D eigenvalue weighted by Gasteiger charge is -2.48. The Hall–Kier alpha value is -0.810. The zero-order chi connectivity index (χ0) is 16.4. The first-order valence-electron chi connectivity index (χ1n) is 9.58. The van der Waals surface area contributed by atoms with E-state index in [0.29, 0.717) is 5.54 Å². The molecule has 0 unspecified atom stereocenters. The molecular formula is C18H36N4O. The fraction of sp³-hybridized carbons (Fsp3) is 0.944. The van der Waals surface area contributed by atoms with Gasteiger partial charge in [-0.15, -0.1) is 0 Å². The van der Waals surface area contributed by atoms with Crippen LogP contribution in [0.1, 0.15) is 58.3 Å². The Morgan fingerprint density at radius 3 is 2.48 bits per heavy atom. The van der Waals surface area contributed by atoms with Crippen molar-refractivity contribution in [2.24, 2.45) is 4.99 Å². The zero-order valence-electron chi connectivity index (χ0n) is 15.2. The number of hydrogen-bond donors (Lipinski definition) is 2. The second-order valence-electron chi connectivity index (χ2n) is 6.94. The van der Waals surface area contributed by atoms with Crippen LogP contribution in [0.3, 0.4) is 0 Å². The van der Waals surface area contributed by atoms with Crippen molar-refractivity contribution in [1.29, 1.82) is 0 Å². The Morgan fingerprint density at radius 2 is 1.83 bits per heavy atom. The third-order valence-corrected chi connectivity index (χ3v) is 5.35. The van der Waals surface area contributed by atoms with Crippen LogP contribution < -0.4 is 10.6 Å². The van der Waals surface area contributed by atoms with E-state index in [-0.39, 0.29) is 0 Å². The standard InChI is InChI=1S/C18H36N4O/c1-3-4-8-11-20-17(19-2)21-16-18(9-6-5-7-10-18)22-12-14-23-15-13-22/h3-16H2,1-2H3,(H2,19,20,21). The minimum Gasteiger partial charge on any atom is -0.379 e. The minimum atomic E-state index is 0.295. The van der Waals surface area contributed by atoms with Crippen molar-refractivity contribution in [3.63, 3.8) is 0 Å². The summed E-state index contributed by atoms with van der Waals surface area (Å²) in [7, 11) is 1.87. The first-order chi connectivity index (χ1) is 11.3. The van der Waals surface area contributed by atoms with Gasteiger partial charge in [0.15, 0.2) is 5.96 Å². The molecule has 134 valence electrons. The van der Waals surface area contributed by atoms with E-state index in [1.54, 1.807) is 0 Å². The van der Waals surface area contributed by atoms with Crippen molar-refractivity contribution in [1.82, 2.24) is 15.5 Å². The Morgan fingerprint density at radius 1 is 1.09 bits per heavy atom. The SMILES string of the molecule is CCCCCNC(=NC)NCC1(N2CCOCC2)CCCCC1. The summed E-state index contributed by atoms with van der Waals surface area (Å²) in [5.74, 6) is 0.958. The molecule has 1 saturated carbocycles. The number of hydrogen-bond acceptors (Lipinski definition) is 3. The van der Waals surface area contributed by atoms with Crippen molar-refractivity contribution in [2.75, 3.05) is 46.4 Å². The molecule has 0 radical (unpaired) electrons. The molecular weight excluding hydrogens is 288 g/mol. The molecule has 1 aliphatic carbocycles. The molecule has 0 aromatic carbocycles. The number of morpholine rings is 1. The maximum absolute atomic E-state index is 5.56. The van der Waals surface area contributed by atoms with Crippen LogP contribution in [0.5, 0.6) is 0 Å². The Kier molecular flexibility index (Phi) is 8.17. The van der Waals surface area contributed by atoms with Crippen LogP contribution >= 0.6 is 0 Å². The molecule has 0 spiro atoms. The van der Waals surface area contributed by atoms with Gasteiger partial charge < -0.3 is 15.4 Å². The monoisotopic (exact) mass is 324 g/mol. The quantitative estimate of drug-likeness (QED) is 0.429. The smallest absolute Gasteiger partial charge is 0.191 e. The predicted octanol–water partition coefficient (Wildman–Crippen LogP) is 2.38. The number of aliphatic imine (C=N–C) groups is 1. The molecule has 1 aliphatic heterocycles. The fourth-order valence-electron chi connectivity index (χ4n) is 3.90. The fourth-order valence-corrected chi connectivity index (χ4v) is 3.90. The Balaban J connectivity index is 1.86. The van der Waals surface area contributed by atoms with E-state index in [9.17, 15) is 0 Å². The first-order valence-corrected chi connectivity index (χ1v) is 9.58. The van der Waals surface area contributed by atoms with Crippen LogP contribution in [0.15, 0.2) is 4.99 Å². The lowest BCUT2D eigenvalue weighted by atomic mass is 9.80. The average Bonchev–Trinajstić information content (AvgIpc) is 2.63. The molecule has 0 aromatic rings. The molecule has 0 amide bonds. The van der Waals surface area contributed by atoms with Gasteiger partial charge in [0, 0.05) is 38.8 Å². The number of guanidine groups is 1. The summed E-state index contributed by atoms with van der Waals surface area (Å²) < 4.78 is 5.56. The van der Waals surface area contributed by atoms with E-state index in [4.69, 9.17) is 4.74 Å². The van der Waals surface area contributed by atoms with Crippen LogP contribution in [0.4, 0.5) is 0 Å². The number of unbranched alkanes of at least 4 members (excludes halogenated alkanes) is 2. The molecule has 0 aromatic heterocycles. The van der Waals surface area contributed by atoms with Gasteiger partial charge in [-0.3, -0.25) is 9.89 Å². The van der Waals surface area contributed by atoms with Gasteiger partial charge in [-0.1, -0.05) is 39.0 Å². The molecule has 2 rings (SSSR count). The maximum atomic E-state index is 5.56. The van der Waals surface area contributed by atoms with Crippen LogP contribution in [-0.2, 0) is 4.74 Å². The lowest BCUT2D eigenvalue weighted by Crippen LogP contribution is -2.60. The summed E-state index contributed by atoms with van der Waals surface area (Å²) in [5, 5.41) is 7.07. The van der Waals surface area contributed by atoms with E-state index in [1.807, 2.05) is 7.05 Å². The number of nitrogens with one attached hydrogen (secondary N) is 2. The topological polar surface area (TPSA) is 48.9 Å². The average molecular weight is 325 g/mol. The second kappa shape index (κ2) is 10.1. The van der Waals surface area contributed by atoms with Crippen molar-refractivity contribution < 1.29 is 4.74 Å². The van der Waals surface area contributed by atoms with Gasteiger partial charge >= 0.3 is 0 Å². The van der Waals surface area contributed by atoms with Crippen molar-refractivity contribution >= 4 is 5.96 Å². The van der Waals surface area contributed by atoms with E-state index >= 15 is 0 Å². The van der Waals surface area contributed by atoms with Crippen molar-refractivity contribution in [2.45, 2.75) is 63.8 Å². The highest BCUT2D eigenvalue weighted by Crippen LogP contribution is 2.33. The van der Waals surface area contributed by atoms with Crippen LogP contribution in [0.25, 0.3) is 0 Å². The molecule has 23 heavy (non-hydrogen) atoms. The van der Waals surface area contributed by atoms with Gasteiger partial charge in [0.05, 0.1) is 13.2 Å². The number of ether oxygens (including phenoxy) is 1. The van der Waals surface area contributed by atoms with E-state index in [2.05, 4.69) is 27.4 Å². The largest absolute Gasteiger partial charge is 0.379 e. The highest BCUT2D eigenvalue weighted by Gasteiger charge is 2.38. The molecule has 5 nitrogen and oxygen atoms in total. The zero-order valence-corrected chi connectivity index (χ0v) is 15.2. The minimum absolute atomic E-state index is 0.295. The lowest BCUT2D eigenvalue weighted by molar-refractivity contribution is -0.0352. The Labute approximate surface area is 142 Å². The highest BCUT2D eigenvalue weighted by atomic mass is 16.5. The van der Waals surface area contributed by atoms with E-state index in [1.165, 1.54) is 51.4 Å². The third kappa shape index (κ3) is 5.64. The molecule has 1 heterocycles. The first kappa shape index (κ1) is 18.5. The predicted molar refractivity (Wildman–Crippen MR) is 97.1 cm³/mol. The normalized spacial score (nSPS) is 22.8. The summed E-state index contributed by atoms with van der Waals surface area (Å²) in [6.07, 6.45) is 10.4. The van der Waals surface area contributed by atoms with Gasteiger partial charge in [-0.25, -0.2) is 0 Å². The van der Waals surface area contributed by atoms with Crippen molar-refractivity contribution in [3.05, 3.63) is 0 Å². The van der Waals surface area contributed by atoms with Crippen molar-refractivity contribution in [3.8, 4) is 0 Å². The molecule has 1 saturated heterocycles. The molecule has 5 heteroatoms. The summed E-state index contributed by atoms with van der Waals surface area (Å²) in [4.78, 5) is 7.07. The van der Waals surface area contributed by atoms with Gasteiger partial charge in [0.25, 0.3) is 0 Å². The summed E-state index contributed by atoms with van der Waals surface area (Å²) >= 11 is 0. The van der Waals surface area contributed by atoms with Gasteiger partial charge in [-0.05, 0) is 19.3 Å². The molecule has 2 N–H and O–H groups in total. The molecule has 2 aliphatic rings. The van der Waals surface area contributed by atoms with Gasteiger partial charge in [-0.2, -0.15) is 0 Å². The van der Waals surface area contributed by atoms with E-state index < -0.39 is 0 Å². The van der Waals surface area contributed by atoms with Crippen LogP contribution in [0, 0.1) is 0 Å². The third-order valence-electron chi connectivity index (χ3n) is 5.35. The molecule has 0 atom stereocenters. The van der Waals surface area contributed by atoms with Gasteiger partial charge in [0.2, 0.25) is 0 Å². The maximum Gasteiger partial charge on any atom is 0.191 e. The van der Waals surface area contributed by atoms with E-state index in [0.717, 1.165) is 45.4 Å². The summed E-state index contributed by atoms with van der Waals surface area (Å²) in [6.45, 7) is 8.16. The second-order valence-corrected chi connectivity index (χ2v) is 6.94. The molecule has 2 fully saturated rings. The number of rotatable bonds is 7. The van der Waals surface area contributed by atoms with Gasteiger partial charge in [0.1, 0.15) is 0 Å². The highest BCUT2D eigenvalue weighted by molar-refractivity contribution is 5.79. The molecule has 0 bridgehead atoms. The summed E-state index contributed by atoms with van der Waals surface area (Å²) in [6, 6.07) is 0. The Bertz CT molecular complexity index is 347. The summed E-state index contributed by atoms with van der Waals surface area (Å²) in [5.41, 5.74) is 0.295. The number of nitrogens with zero attached hydrogens (tertiary/aromatic N) is 2.